The van der Waals surface area contributed by atoms with Crippen molar-refractivity contribution in [2.75, 3.05) is 25.1 Å². The Labute approximate surface area is 121 Å². The van der Waals surface area contributed by atoms with Crippen molar-refractivity contribution in [2.24, 2.45) is 11.1 Å². The van der Waals surface area contributed by atoms with Crippen molar-refractivity contribution in [1.82, 2.24) is 0 Å². The highest BCUT2D eigenvalue weighted by atomic mass is 19.1. The number of hydrogen-bond donors (Lipinski definition) is 3. The lowest BCUT2D eigenvalue weighted by atomic mass is 9.80. The third-order valence-electron chi connectivity index (χ3n) is 3.77. The lowest BCUT2D eigenvalue weighted by Gasteiger charge is -2.33. The average molecular weight is 296 g/mol. The van der Waals surface area contributed by atoms with E-state index in [9.17, 15) is 19.1 Å². The largest absolute Gasteiger partial charge is 0.481 e. The SMILES string of the molecule is NC(=O)c1cc(F)ccc1NCC1(C(=O)O)CCOCC1. The second-order valence-corrected chi connectivity index (χ2v) is 5.11. The first kappa shape index (κ1) is 15.2. The number of nitrogens with one attached hydrogen (secondary N) is 1. The monoisotopic (exact) mass is 296 g/mol. The number of anilines is 1. The van der Waals surface area contributed by atoms with Crippen LogP contribution in [0.4, 0.5) is 10.1 Å². The van der Waals surface area contributed by atoms with Gasteiger partial charge in [0.1, 0.15) is 5.82 Å². The first-order valence-corrected chi connectivity index (χ1v) is 6.59. The molecular formula is C14H17FN2O4. The molecule has 1 aliphatic heterocycles. The molecule has 0 aliphatic carbocycles. The number of ether oxygens (including phenoxy) is 1. The average Bonchev–Trinajstić information content (AvgIpc) is 2.46. The lowest BCUT2D eigenvalue weighted by molar-refractivity contribution is -0.153. The topological polar surface area (TPSA) is 102 Å². The van der Waals surface area contributed by atoms with Crippen molar-refractivity contribution < 1.29 is 23.8 Å². The Bertz CT molecular complexity index is 556. The summed E-state index contributed by atoms with van der Waals surface area (Å²) in [4.78, 5) is 22.8. The van der Waals surface area contributed by atoms with Gasteiger partial charge in [0.05, 0.1) is 11.0 Å². The van der Waals surface area contributed by atoms with Crippen molar-refractivity contribution >= 4 is 17.6 Å². The van der Waals surface area contributed by atoms with E-state index in [0.29, 0.717) is 31.7 Å². The van der Waals surface area contributed by atoms with Crippen LogP contribution in [-0.4, -0.2) is 36.7 Å². The lowest BCUT2D eigenvalue weighted by Crippen LogP contribution is -2.42. The van der Waals surface area contributed by atoms with Crippen molar-refractivity contribution in [1.29, 1.82) is 0 Å². The Morgan fingerprint density at radius 2 is 2.05 bits per heavy atom. The molecule has 0 bridgehead atoms. The molecule has 0 spiro atoms. The zero-order chi connectivity index (χ0) is 15.5. The molecule has 1 saturated heterocycles. The third-order valence-corrected chi connectivity index (χ3v) is 3.77. The van der Waals surface area contributed by atoms with E-state index in [2.05, 4.69) is 5.32 Å². The molecule has 1 aliphatic rings. The Morgan fingerprint density at radius 3 is 2.62 bits per heavy atom. The van der Waals surface area contributed by atoms with E-state index in [0.717, 1.165) is 6.07 Å². The summed E-state index contributed by atoms with van der Waals surface area (Å²) in [5.41, 5.74) is 4.58. The van der Waals surface area contributed by atoms with Gasteiger partial charge in [-0.1, -0.05) is 0 Å². The van der Waals surface area contributed by atoms with E-state index in [-0.39, 0.29) is 12.1 Å². The molecule has 4 N–H and O–H groups in total. The Hall–Kier alpha value is -2.15. The fraction of sp³-hybridized carbons (Fsp3) is 0.429. The number of primary amides is 1. The van der Waals surface area contributed by atoms with Crippen LogP contribution in [0.2, 0.25) is 0 Å². The molecule has 0 radical (unpaired) electrons. The minimum Gasteiger partial charge on any atom is -0.481 e. The zero-order valence-corrected chi connectivity index (χ0v) is 11.4. The van der Waals surface area contributed by atoms with Crippen LogP contribution in [0.5, 0.6) is 0 Å². The van der Waals surface area contributed by atoms with Crippen LogP contribution < -0.4 is 11.1 Å². The van der Waals surface area contributed by atoms with Crippen molar-refractivity contribution in [3.8, 4) is 0 Å². The highest BCUT2D eigenvalue weighted by molar-refractivity contribution is 5.98. The number of carbonyl (C=O) groups excluding carboxylic acids is 1. The number of hydrogen-bond acceptors (Lipinski definition) is 4. The first-order chi connectivity index (χ1) is 9.94. The molecule has 7 heteroatoms. The highest BCUT2D eigenvalue weighted by Crippen LogP contribution is 2.31. The van der Waals surface area contributed by atoms with E-state index < -0.39 is 23.1 Å². The maximum absolute atomic E-state index is 13.2. The Balaban J connectivity index is 2.18. The normalized spacial score (nSPS) is 17.2. The van der Waals surface area contributed by atoms with Gasteiger partial charge in [-0.2, -0.15) is 0 Å². The maximum Gasteiger partial charge on any atom is 0.311 e. The summed E-state index contributed by atoms with van der Waals surface area (Å²) < 4.78 is 18.3. The molecule has 2 rings (SSSR count). The van der Waals surface area contributed by atoms with Crippen LogP contribution in [0.25, 0.3) is 0 Å². The van der Waals surface area contributed by atoms with Gasteiger partial charge in [0.15, 0.2) is 0 Å². The first-order valence-electron chi connectivity index (χ1n) is 6.59. The zero-order valence-electron chi connectivity index (χ0n) is 11.4. The molecule has 1 amide bonds. The second-order valence-electron chi connectivity index (χ2n) is 5.11. The van der Waals surface area contributed by atoms with Crippen LogP contribution in [0.3, 0.4) is 0 Å². The minimum atomic E-state index is -0.957. The standard InChI is InChI=1S/C14H17FN2O4/c15-9-1-2-11(10(7-9)12(16)18)17-8-14(13(19)20)3-5-21-6-4-14/h1-2,7,17H,3-6,8H2,(H2,16,18)(H,19,20). The van der Waals surface area contributed by atoms with Gasteiger partial charge in [0.2, 0.25) is 0 Å². The molecule has 1 aromatic carbocycles. The van der Waals surface area contributed by atoms with E-state index in [1.54, 1.807) is 0 Å². The molecule has 0 unspecified atom stereocenters. The molecule has 1 fully saturated rings. The number of carbonyl (C=O) groups is 2. The second kappa shape index (κ2) is 6.09. The van der Waals surface area contributed by atoms with E-state index >= 15 is 0 Å². The van der Waals surface area contributed by atoms with Gasteiger partial charge in [0, 0.05) is 25.4 Å². The number of amides is 1. The molecule has 0 atom stereocenters. The molecule has 1 aromatic rings. The predicted molar refractivity (Wildman–Crippen MR) is 73.5 cm³/mol. The number of halogens is 1. The van der Waals surface area contributed by atoms with E-state index in [4.69, 9.17) is 10.5 Å². The summed E-state index contributed by atoms with van der Waals surface area (Å²) in [6.07, 6.45) is 0.755. The number of carboxylic acids is 1. The van der Waals surface area contributed by atoms with Gasteiger partial charge in [-0.15, -0.1) is 0 Å². The molecular weight excluding hydrogens is 279 g/mol. The van der Waals surface area contributed by atoms with Crippen LogP contribution in [-0.2, 0) is 9.53 Å². The third kappa shape index (κ3) is 3.30. The van der Waals surface area contributed by atoms with Gasteiger partial charge < -0.3 is 20.9 Å². The summed E-state index contributed by atoms with van der Waals surface area (Å²) >= 11 is 0. The van der Waals surface area contributed by atoms with Gasteiger partial charge in [-0.05, 0) is 31.0 Å². The Morgan fingerprint density at radius 1 is 1.38 bits per heavy atom. The maximum atomic E-state index is 13.2. The van der Waals surface area contributed by atoms with Crippen molar-refractivity contribution in [3.05, 3.63) is 29.6 Å². The van der Waals surface area contributed by atoms with Gasteiger partial charge in [-0.25, -0.2) is 4.39 Å². The summed E-state index contributed by atoms with van der Waals surface area (Å²) in [6, 6.07) is 3.60. The highest BCUT2D eigenvalue weighted by Gasteiger charge is 2.40. The van der Waals surface area contributed by atoms with Gasteiger partial charge >= 0.3 is 5.97 Å². The molecule has 6 nitrogen and oxygen atoms in total. The fourth-order valence-electron chi connectivity index (χ4n) is 2.37. The summed E-state index contributed by atoms with van der Waals surface area (Å²) in [5.74, 6) is -2.26. The van der Waals surface area contributed by atoms with Gasteiger partial charge in [0.25, 0.3) is 5.91 Å². The fourth-order valence-corrected chi connectivity index (χ4v) is 2.37. The summed E-state index contributed by atoms with van der Waals surface area (Å²) in [6.45, 7) is 0.873. The van der Waals surface area contributed by atoms with Crippen molar-refractivity contribution in [3.63, 3.8) is 0 Å². The number of nitrogens with two attached hydrogens (primary N) is 1. The quantitative estimate of drug-likeness (QED) is 0.758. The molecule has 1 heterocycles. The van der Waals surface area contributed by atoms with E-state index in [1.165, 1.54) is 12.1 Å². The summed E-state index contributed by atoms with van der Waals surface area (Å²) in [5, 5.41) is 12.4. The Kier molecular flexibility index (Phi) is 4.42. The van der Waals surface area contributed by atoms with Gasteiger partial charge in [-0.3, -0.25) is 9.59 Å². The predicted octanol–water partition coefficient (Wildman–Crippen LogP) is 1.22. The number of carboxylic acid groups (broad SMARTS) is 1. The molecule has 0 saturated carbocycles. The molecule has 0 aromatic heterocycles. The number of benzene rings is 1. The smallest absolute Gasteiger partial charge is 0.311 e. The van der Waals surface area contributed by atoms with Crippen LogP contribution in [0, 0.1) is 11.2 Å². The number of aliphatic carboxylic acids is 1. The minimum absolute atomic E-state index is 0.00241. The van der Waals surface area contributed by atoms with Crippen LogP contribution in [0.15, 0.2) is 18.2 Å². The van der Waals surface area contributed by atoms with Crippen LogP contribution >= 0.6 is 0 Å². The van der Waals surface area contributed by atoms with E-state index in [1.807, 2.05) is 0 Å². The summed E-state index contributed by atoms with van der Waals surface area (Å²) in [7, 11) is 0. The van der Waals surface area contributed by atoms with Crippen molar-refractivity contribution in [2.45, 2.75) is 12.8 Å². The van der Waals surface area contributed by atoms with Crippen LogP contribution in [0.1, 0.15) is 23.2 Å². The number of rotatable bonds is 5. The molecule has 114 valence electrons. The molecule has 21 heavy (non-hydrogen) atoms.